The number of hydrogen-bond acceptors (Lipinski definition) is 3. The lowest BCUT2D eigenvalue weighted by Gasteiger charge is -2.01. The Hall–Kier alpha value is -2.04. The Kier molecular flexibility index (Phi) is 4.04. The molecule has 1 aromatic carbocycles. The van der Waals surface area contributed by atoms with Crippen LogP contribution in [-0.4, -0.2) is 15.6 Å². The van der Waals surface area contributed by atoms with E-state index in [2.05, 4.69) is 0 Å². The molecule has 0 atom stereocenters. The van der Waals surface area contributed by atoms with Crippen molar-refractivity contribution in [3.63, 3.8) is 0 Å². The molecule has 0 aliphatic carbocycles. The summed E-state index contributed by atoms with van der Waals surface area (Å²) >= 11 is 0. The number of fused-ring (bicyclic) bond motifs is 1. The van der Waals surface area contributed by atoms with E-state index in [1.54, 1.807) is 4.57 Å². The van der Waals surface area contributed by atoms with Gasteiger partial charge < -0.3 is 9.52 Å². The maximum absolute atomic E-state index is 11.5. The SMILES string of the molecule is CCn1c(=O)oc2cc(CCCCC(=O)O)ccc21. The van der Waals surface area contributed by atoms with Gasteiger partial charge in [0.05, 0.1) is 5.52 Å². The third-order valence-corrected chi connectivity index (χ3v) is 3.15. The monoisotopic (exact) mass is 263 g/mol. The van der Waals surface area contributed by atoms with Gasteiger partial charge in [-0.3, -0.25) is 9.36 Å². The molecule has 0 amide bonds. The lowest BCUT2D eigenvalue weighted by atomic mass is 10.1. The maximum Gasteiger partial charge on any atom is 0.419 e. The third kappa shape index (κ3) is 3.05. The van der Waals surface area contributed by atoms with E-state index in [9.17, 15) is 9.59 Å². The Morgan fingerprint density at radius 3 is 2.84 bits per heavy atom. The van der Waals surface area contributed by atoms with Crippen molar-refractivity contribution in [1.29, 1.82) is 0 Å². The summed E-state index contributed by atoms with van der Waals surface area (Å²) in [6.45, 7) is 2.49. The van der Waals surface area contributed by atoms with Gasteiger partial charge in [-0.15, -0.1) is 0 Å². The smallest absolute Gasteiger partial charge is 0.419 e. The highest BCUT2D eigenvalue weighted by Crippen LogP contribution is 2.16. The molecule has 0 radical (unpaired) electrons. The molecule has 1 N–H and O–H groups in total. The van der Waals surface area contributed by atoms with Crippen LogP contribution in [0.25, 0.3) is 11.1 Å². The third-order valence-electron chi connectivity index (χ3n) is 3.15. The van der Waals surface area contributed by atoms with Crippen LogP contribution in [0.2, 0.25) is 0 Å². The summed E-state index contributed by atoms with van der Waals surface area (Å²) in [7, 11) is 0. The van der Waals surface area contributed by atoms with E-state index in [1.165, 1.54) is 0 Å². The molecular formula is C14H17NO4. The standard InChI is InChI=1S/C14H17NO4/c1-2-15-11-8-7-10(5-3-4-6-13(16)17)9-12(11)19-14(15)18/h7-9H,2-6H2,1H3,(H,16,17). The van der Waals surface area contributed by atoms with E-state index in [-0.39, 0.29) is 12.2 Å². The number of carbonyl (C=O) groups is 1. The Bertz CT molecular complexity index is 638. The zero-order valence-electron chi connectivity index (χ0n) is 10.9. The Labute approximate surface area is 110 Å². The van der Waals surface area contributed by atoms with Crippen LogP contribution in [0.15, 0.2) is 27.4 Å². The molecule has 0 bridgehead atoms. The first-order valence-corrected chi connectivity index (χ1v) is 6.46. The van der Waals surface area contributed by atoms with Crippen molar-refractivity contribution in [3.05, 3.63) is 34.3 Å². The van der Waals surface area contributed by atoms with Gasteiger partial charge >= 0.3 is 11.7 Å². The first-order chi connectivity index (χ1) is 9.11. The van der Waals surface area contributed by atoms with Crippen molar-refractivity contribution in [1.82, 2.24) is 4.57 Å². The zero-order chi connectivity index (χ0) is 13.8. The van der Waals surface area contributed by atoms with Crippen molar-refractivity contribution in [2.45, 2.75) is 39.2 Å². The highest BCUT2D eigenvalue weighted by molar-refractivity contribution is 5.73. The summed E-state index contributed by atoms with van der Waals surface area (Å²) in [4.78, 5) is 22.0. The van der Waals surface area contributed by atoms with Crippen LogP contribution in [0.5, 0.6) is 0 Å². The molecule has 5 heteroatoms. The predicted molar refractivity (Wildman–Crippen MR) is 71.3 cm³/mol. The fourth-order valence-electron chi connectivity index (χ4n) is 2.17. The van der Waals surface area contributed by atoms with Crippen LogP contribution >= 0.6 is 0 Å². The van der Waals surface area contributed by atoms with Crippen molar-refractivity contribution < 1.29 is 14.3 Å². The number of aliphatic carboxylic acids is 1. The first kappa shape index (κ1) is 13.4. The number of aromatic nitrogens is 1. The molecule has 1 heterocycles. The summed E-state index contributed by atoms with van der Waals surface area (Å²) in [5.74, 6) is -1.10. The Morgan fingerprint density at radius 1 is 1.37 bits per heavy atom. The number of oxazole rings is 1. The van der Waals surface area contributed by atoms with Crippen LogP contribution in [-0.2, 0) is 17.8 Å². The number of hydrogen-bond donors (Lipinski definition) is 1. The van der Waals surface area contributed by atoms with Crippen molar-refractivity contribution >= 4 is 17.1 Å². The average molecular weight is 263 g/mol. The van der Waals surface area contributed by atoms with E-state index >= 15 is 0 Å². The summed E-state index contributed by atoms with van der Waals surface area (Å²) in [5, 5.41) is 8.56. The molecule has 102 valence electrons. The topological polar surface area (TPSA) is 72.4 Å². The summed E-state index contributed by atoms with van der Waals surface area (Å²) in [6.07, 6.45) is 2.47. The van der Waals surface area contributed by atoms with Crippen molar-refractivity contribution in [3.8, 4) is 0 Å². The molecule has 2 aromatic rings. The molecule has 0 fully saturated rings. The average Bonchev–Trinajstić information content (AvgIpc) is 2.68. The lowest BCUT2D eigenvalue weighted by Crippen LogP contribution is -2.11. The molecule has 0 saturated heterocycles. The second kappa shape index (κ2) is 5.73. The van der Waals surface area contributed by atoms with E-state index in [0.29, 0.717) is 18.5 Å². The minimum Gasteiger partial charge on any atom is -0.481 e. The summed E-state index contributed by atoms with van der Waals surface area (Å²) in [6, 6.07) is 5.71. The fourth-order valence-corrected chi connectivity index (χ4v) is 2.17. The lowest BCUT2D eigenvalue weighted by molar-refractivity contribution is -0.137. The molecule has 2 rings (SSSR count). The van der Waals surface area contributed by atoms with Gasteiger partial charge in [0.25, 0.3) is 0 Å². The molecular weight excluding hydrogens is 246 g/mol. The Balaban J connectivity index is 2.09. The molecule has 0 aliphatic rings. The normalized spacial score (nSPS) is 11.0. The largest absolute Gasteiger partial charge is 0.481 e. The van der Waals surface area contributed by atoms with E-state index in [1.807, 2.05) is 25.1 Å². The van der Waals surface area contributed by atoms with Crippen LogP contribution in [0.3, 0.4) is 0 Å². The van der Waals surface area contributed by atoms with Gasteiger partial charge in [0.2, 0.25) is 0 Å². The number of carboxylic acid groups (broad SMARTS) is 1. The highest BCUT2D eigenvalue weighted by atomic mass is 16.4. The molecule has 1 aromatic heterocycles. The van der Waals surface area contributed by atoms with Crippen LogP contribution in [0, 0.1) is 0 Å². The second-order valence-electron chi connectivity index (χ2n) is 4.52. The van der Waals surface area contributed by atoms with E-state index in [0.717, 1.165) is 23.9 Å². The zero-order valence-corrected chi connectivity index (χ0v) is 10.9. The van der Waals surface area contributed by atoms with Gasteiger partial charge in [0.1, 0.15) is 0 Å². The molecule has 0 saturated carbocycles. The summed E-state index contributed by atoms with van der Waals surface area (Å²) in [5.41, 5.74) is 2.47. The maximum atomic E-state index is 11.5. The van der Waals surface area contributed by atoms with Gasteiger partial charge in [-0.1, -0.05) is 6.07 Å². The highest BCUT2D eigenvalue weighted by Gasteiger charge is 2.08. The molecule has 0 unspecified atom stereocenters. The van der Waals surface area contributed by atoms with E-state index in [4.69, 9.17) is 9.52 Å². The fraction of sp³-hybridized carbons (Fsp3) is 0.429. The molecule has 5 nitrogen and oxygen atoms in total. The van der Waals surface area contributed by atoms with Crippen molar-refractivity contribution in [2.24, 2.45) is 0 Å². The van der Waals surface area contributed by atoms with Crippen molar-refractivity contribution in [2.75, 3.05) is 0 Å². The van der Waals surface area contributed by atoms with E-state index < -0.39 is 5.97 Å². The number of benzene rings is 1. The first-order valence-electron chi connectivity index (χ1n) is 6.46. The van der Waals surface area contributed by atoms with Gasteiger partial charge in [0, 0.05) is 13.0 Å². The van der Waals surface area contributed by atoms with Gasteiger partial charge in [0.15, 0.2) is 5.58 Å². The van der Waals surface area contributed by atoms with Crippen LogP contribution in [0.4, 0.5) is 0 Å². The predicted octanol–water partition coefficient (Wildman–Crippen LogP) is 2.41. The Morgan fingerprint density at radius 2 is 2.16 bits per heavy atom. The van der Waals surface area contributed by atoms with Gasteiger partial charge in [-0.05, 0) is 43.9 Å². The van der Waals surface area contributed by atoms with Crippen LogP contribution in [0.1, 0.15) is 31.7 Å². The second-order valence-corrected chi connectivity index (χ2v) is 4.52. The number of aryl methyl sites for hydroxylation is 2. The minimum absolute atomic E-state index is 0.198. The molecule has 0 spiro atoms. The summed E-state index contributed by atoms with van der Waals surface area (Å²) < 4.78 is 6.78. The number of nitrogens with zero attached hydrogens (tertiary/aromatic N) is 1. The molecule has 0 aliphatic heterocycles. The van der Waals surface area contributed by atoms with Gasteiger partial charge in [-0.2, -0.15) is 0 Å². The number of rotatable bonds is 6. The number of unbranched alkanes of at least 4 members (excludes halogenated alkanes) is 1. The quantitative estimate of drug-likeness (QED) is 0.812. The van der Waals surface area contributed by atoms with Crippen LogP contribution < -0.4 is 5.76 Å². The number of carboxylic acids is 1. The van der Waals surface area contributed by atoms with Gasteiger partial charge in [-0.25, -0.2) is 4.79 Å². The molecule has 19 heavy (non-hydrogen) atoms. The minimum atomic E-state index is -0.763.